The van der Waals surface area contributed by atoms with Gasteiger partial charge in [-0.3, -0.25) is 0 Å². The van der Waals surface area contributed by atoms with E-state index in [-0.39, 0.29) is 16.3 Å². The maximum absolute atomic E-state index is 13.1. The molecule has 0 spiro atoms. The molecule has 117 valence electrons. The predicted octanol–water partition coefficient (Wildman–Crippen LogP) is 5.31. The number of phenolic OH excluding ortho intramolecular Hbond substituents is 1. The van der Waals surface area contributed by atoms with Crippen molar-refractivity contribution in [1.82, 2.24) is 4.98 Å². The Bertz CT molecular complexity index is 855. The third-order valence-corrected chi connectivity index (χ3v) is 4.33. The molecule has 0 amide bonds. The third kappa shape index (κ3) is 2.94. The second kappa shape index (κ2) is 5.70. The molecule has 0 atom stereocenters. The van der Waals surface area contributed by atoms with Crippen molar-refractivity contribution in [2.45, 2.75) is 13.1 Å². The van der Waals surface area contributed by atoms with E-state index in [2.05, 4.69) is 11.1 Å². The summed E-state index contributed by atoms with van der Waals surface area (Å²) in [6.45, 7) is 1.71. The SMILES string of the molecule is Cc1c(-c2csc(-c3ccccc3C(F)(F)F)n2)[c]ccc1O. The lowest BCUT2D eigenvalue weighted by molar-refractivity contribution is -0.137. The summed E-state index contributed by atoms with van der Waals surface area (Å²) in [7, 11) is 0. The number of phenols is 1. The minimum atomic E-state index is -4.44. The van der Waals surface area contributed by atoms with Crippen LogP contribution in [0.15, 0.2) is 41.8 Å². The average molecular weight is 334 g/mol. The van der Waals surface area contributed by atoms with Crippen molar-refractivity contribution in [2.24, 2.45) is 0 Å². The second-order valence-electron chi connectivity index (χ2n) is 4.94. The van der Waals surface area contributed by atoms with Crippen LogP contribution in [-0.4, -0.2) is 10.1 Å². The summed E-state index contributed by atoms with van der Waals surface area (Å²) in [5.74, 6) is 0.101. The molecule has 0 aliphatic rings. The Morgan fingerprint density at radius 1 is 1.17 bits per heavy atom. The van der Waals surface area contributed by atoms with Gasteiger partial charge in [0.25, 0.3) is 0 Å². The average Bonchev–Trinajstić information content (AvgIpc) is 2.99. The van der Waals surface area contributed by atoms with Gasteiger partial charge in [0.05, 0.1) is 11.3 Å². The lowest BCUT2D eigenvalue weighted by atomic mass is 10.1. The Balaban J connectivity index is 2.09. The highest BCUT2D eigenvalue weighted by Crippen LogP contribution is 2.39. The molecule has 0 fully saturated rings. The van der Waals surface area contributed by atoms with E-state index in [0.717, 1.165) is 17.4 Å². The Morgan fingerprint density at radius 2 is 1.91 bits per heavy atom. The number of benzene rings is 2. The first-order chi connectivity index (χ1) is 10.9. The van der Waals surface area contributed by atoms with E-state index >= 15 is 0 Å². The summed E-state index contributed by atoms with van der Waals surface area (Å²) in [5.41, 5.74) is 1.01. The van der Waals surface area contributed by atoms with Gasteiger partial charge in [-0.15, -0.1) is 11.3 Å². The zero-order chi connectivity index (χ0) is 16.6. The number of alkyl halides is 3. The van der Waals surface area contributed by atoms with Crippen molar-refractivity contribution < 1.29 is 18.3 Å². The van der Waals surface area contributed by atoms with Gasteiger partial charge in [-0.05, 0) is 31.2 Å². The molecule has 0 aliphatic carbocycles. The first-order valence-electron chi connectivity index (χ1n) is 6.70. The number of rotatable bonds is 2. The topological polar surface area (TPSA) is 33.1 Å². The summed E-state index contributed by atoms with van der Waals surface area (Å²) < 4.78 is 39.4. The molecule has 3 aromatic rings. The third-order valence-electron chi connectivity index (χ3n) is 3.45. The van der Waals surface area contributed by atoms with Crippen molar-refractivity contribution in [3.8, 4) is 27.6 Å². The van der Waals surface area contributed by atoms with Crippen LogP contribution in [-0.2, 0) is 6.18 Å². The van der Waals surface area contributed by atoms with E-state index in [1.807, 2.05) is 0 Å². The number of hydrogen-bond donors (Lipinski definition) is 1. The van der Waals surface area contributed by atoms with Crippen molar-refractivity contribution >= 4 is 11.3 Å². The molecule has 1 heterocycles. The predicted molar refractivity (Wildman–Crippen MR) is 83.2 cm³/mol. The number of halogens is 3. The minimum Gasteiger partial charge on any atom is -0.508 e. The molecule has 0 bridgehead atoms. The number of hydrogen-bond acceptors (Lipinski definition) is 3. The van der Waals surface area contributed by atoms with Gasteiger partial charge in [0, 0.05) is 22.1 Å². The van der Waals surface area contributed by atoms with Crippen LogP contribution in [0, 0.1) is 13.0 Å². The lowest BCUT2D eigenvalue weighted by Gasteiger charge is -2.10. The molecule has 3 rings (SSSR count). The highest BCUT2D eigenvalue weighted by Gasteiger charge is 2.34. The summed E-state index contributed by atoms with van der Waals surface area (Å²) in [6.07, 6.45) is -4.44. The summed E-state index contributed by atoms with van der Waals surface area (Å²) in [4.78, 5) is 4.30. The Hall–Kier alpha value is -2.34. The van der Waals surface area contributed by atoms with Crippen molar-refractivity contribution in [2.75, 3.05) is 0 Å². The standard InChI is InChI=1S/C17H11F3NOS/c1-10-11(6-4-8-15(10)22)14-9-23-16(21-14)12-5-2-3-7-13(12)17(18,19)20/h2-5,7-9,22H,1H3. The van der Waals surface area contributed by atoms with Crippen LogP contribution in [0.2, 0.25) is 0 Å². The fourth-order valence-electron chi connectivity index (χ4n) is 2.26. The van der Waals surface area contributed by atoms with Gasteiger partial charge in [-0.2, -0.15) is 13.2 Å². The first-order valence-corrected chi connectivity index (χ1v) is 7.58. The fraction of sp³-hybridized carbons (Fsp3) is 0.118. The fourth-order valence-corrected chi connectivity index (χ4v) is 3.11. The van der Waals surface area contributed by atoms with Gasteiger partial charge >= 0.3 is 6.18 Å². The van der Waals surface area contributed by atoms with Crippen LogP contribution < -0.4 is 0 Å². The van der Waals surface area contributed by atoms with Crippen LogP contribution >= 0.6 is 11.3 Å². The van der Waals surface area contributed by atoms with E-state index in [0.29, 0.717) is 16.8 Å². The molecular formula is C17H11F3NOS. The monoisotopic (exact) mass is 334 g/mol. The highest BCUT2D eigenvalue weighted by atomic mass is 32.1. The summed E-state index contributed by atoms with van der Waals surface area (Å²) in [6, 6.07) is 11.4. The number of aromatic nitrogens is 1. The molecule has 0 saturated heterocycles. The van der Waals surface area contributed by atoms with Crippen molar-refractivity contribution in [3.05, 3.63) is 59.0 Å². The van der Waals surface area contributed by atoms with E-state index in [9.17, 15) is 18.3 Å². The molecule has 1 radical (unpaired) electrons. The molecule has 2 aromatic carbocycles. The molecule has 0 unspecified atom stereocenters. The zero-order valence-corrected chi connectivity index (χ0v) is 12.8. The van der Waals surface area contributed by atoms with Gasteiger partial charge < -0.3 is 5.11 Å². The second-order valence-corrected chi connectivity index (χ2v) is 5.80. The quantitative estimate of drug-likeness (QED) is 0.689. The van der Waals surface area contributed by atoms with Crippen LogP contribution in [0.25, 0.3) is 21.8 Å². The van der Waals surface area contributed by atoms with Crippen LogP contribution in [0.4, 0.5) is 13.2 Å². The molecule has 1 N–H and O–H groups in total. The molecular weight excluding hydrogens is 323 g/mol. The summed E-state index contributed by atoms with van der Waals surface area (Å²) >= 11 is 1.13. The molecule has 1 aromatic heterocycles. The summed E-state index contributed by atoms with van der Waals surface area (Å²) in [5, 5.41) is 11.7. The molecule has 23 heavy (non-hydrogen) atoms. The van der Waals surface area contributed by atoms with Crippen molar-refractivity contribution in [1.29, 1.82) is 0 Å². The molecule has 0 saturated carbocycles. The van der Waals surface area contributed by atoms with E-state index in [1.165, 1.54) is 18.2 Å². The van der Waals surface area contributed by atoms with Gasteiger partial charge in [0.15, 0.2) is 0 Å². The van der Waals surface area contributed by atoms with Crippen LogP contribution in [0.1, 0.15) is 11.1 Å². The minimum absolute atomic E-state index is 0.0501. The zero-order valence-electron chi connectivity index (χ0n) is 12.0. The number of aromatic hydroxyl groups is 1. The maximum Gasteiger partial charge on any atom is 0.417 e. The van der Waals surface area contributed by atoms with Gasteiger partial charge in [-0.25, -0.2) is 4.98 Å². The highest BCUT2D eigenvalue weighted by molar-refractivity contribution is 7.13. The van der Waals surface area contributed by atoms with E-state index in [1.54, 1.807) is 24.4 Å². The van der Waals surface area contributed by atoms with Crippen LogP contribution in [0.3, 0.4) is 0 Å². The number of thiazole rings is 1. The Kier molecular flexibility index (Phi) is 3.85. The first kappa shape index (κ1) is 15.6. The normalized spacial score (nSPS) is 11.7. The van der Waals surface area contributed by atoms with Gasteiger partial charge in [0.2, 0.25) is 0 Å². The van der Waals surface area contributed by atoms with Gasteiger partial charge in [0.1, 0.15) is 10.8 Å². The Morgan fingerprint density at radius 3 is 2.65 bits per heavy atom. The van der Waals surface area contributed by atoms with Crippen molar-refractivity contribution in [3.63, 3.8) is 0 Å². The smallest absolute Gasteiger partial charge is 0.417 e. The Labute approximate surface area is 134 Å². The van der Waals surface area contributed by atoms with Gasteiger partial charge in [-0.1, -0.05) is 18.2 Å². The molecule has 6 heteroatoms. The maximum atomic E-state index is 13.1. The van der Waals surface area contributed by atoms with Crippen LogP contribution in [0.5, 0.6) is 5.75 Å². The molecule has 0 aliphatic heterocycles. The molecule has 2 nitrogen and oxygen atoms in total. The lowest BCUT2D eigenvalue weighted by Crippen LogP contribution is -2.06. The van der Waals surface area contributed by atoms with E-state index in [4.69, 9.17) is 0 Å². The van der Waals surface area contributed by atoms with E-state index < -0.39 is 11.7 Å². The largest absolute Gasteiger partial charge is 0.508 e. The number of nitrogens with zero attached hydrogens (tertiary/aromatic N) is 1.